The van der Waals surface area contributed by atoms with E-state index in [1.54, 1.807) is 73.4 Å². The number of imide groups is 1. The number of ether oxygens (including phenoxy) is 1. The van der Waals surface area contributed by atoms with E-state index in [0.717, 1.165) is 28.5 Å². The number of nitrogens with one attached hydrogen (secondary N) is 1. The van der Waals surface area contributed by atoms with Gasteiger partial charge in [-0.05, 0) is 75.2 Å². The highest BCUT2D eigenvalue weighted by Gasteiger charge is 2.36. The van der Waals surface area contributed by atoms with Crippen LogP contribution in [0.3, 0.4) is 0 Å². The van der Waals surface area contributed by atoms with E-state index >= 15 is 0 Å². The third kappa shape index (κ3) is 9.68. The predicted octanol–water partition coefficient (Wildman–Crippen LogP) is 4.48. The third-order valence-electron chi connectivity index (χ3n) is 7.25. The van der Waals surface area contributed by atoms with Gasteiger partial charge in [0.2, 0.25) is 0 Å². The van der Waals surface area contributed by atoms with Crippen LogP contribution in [0.25, 0.3) is 16.9 Å². The molecule has 3 aromatic carbocycles. The molecule has 1 aromatic heterocycles. The van der Waals surface area contributed by atoms with Crippen LogP contribution in [0, 0.1) is 6.92 Å². The highest BCUT2D eigenvalue weighted by molar-refractivity contribution is 7.98. The largest absolute Gasteiger partial charge is 0.447 e. The fraction of sp³-hybridized carbons (Fsp3) is 0.273. The van der Waals surface area contributed by atoms with Crippen molar-refractivity contribution in [2.75, 3.05) is 27.0 Å². The van der Waals surface area contributed by atoms with Gasteiger partial charge in [0.25, 0.3) is 11.8 Å². The number of alkyl halides is 3. The summed E-state index contributed by atoms with van der Waals surface area (Å²) < 4.78 is 49.2. The summed E-state index contributed by atoms with van der Waals surface area (Å²) >= 11 is 1.04. The summed E-state index contributed by atoms with van der Waals surface area (Å²) in [4.78, 5) is 46.1. The van der Waals surface area contributed by atoms with E-state index in [4.69, 9.17) is 15.5 Å². The molecule has 0 unspecified atom stereocenters. The number of hydrogen-bond donors (Lipinski definition) is 3. The number of halogens is 3. The number of amides is 3. The number of nitrogens with zero attached hydrogens (tertiary/aromatic N) is 4. The summed E-state index contributed by atoms with van der Waals surface area (Å²) in [6.45, 7) is 6.32. The van der Waals surface area contributed by atoms with Gasteiger partial charge in [0.05, 0.1) is 42.2 Å². The summed E-state index contributed by atoms with van der Waals surface area (Å²) in [6.07, 6.45) is -5.17. The lowest BCUT2D eigenvalue weighted by molar-refractivity contribution is -0.998. The van der Waals surface area contributed by atoms with Crippen molar-refractivity contribution in [2.24, 2.45) is 5.90 Å². The third-order valence-corrected chi connectivity index (χ3v) is 8.03. The normalized spacial score (nSPS) is 12.6. The molecule has 5 N–H and O–H groups in total. The van der Waals surface area contributed by atoms with Gasteiger partial charge in [0, 0.05) is 10.5 Å². The van der Waals surface area contributed by atoms with Gasteiger partial charge in [0.15, 0.2) is 5.69 Å². The summed E-state index contributed by atoms with van der Waals surface area (Å²) in [5, 5.41) is 5.70. The first-order valence-electron chi connectivity index (χ1n) is 15.2. The minimum Gasteiger partial charge on any atom is -0.447 e. The van der Waals surface area contributed by atoms with Gasteiger partial charge in [0.1, 0.15) is 13.3 Å². The van der Waals surface area contributed by atoms with Crippen LogP contribution in [-0.4, -0.2) is 70.6 Å². The number of nitrogens with two attached hydrogens (primary N) is 2. The van der Waals surface area contributed by atoms with Crippen molar-refractivity contribution >= 4 is 29.9 Å². The number of hydrogen-bond acceptors (Lipinski definition) is 10. The zero-order chi connectivity index (χ0) is 36.4. The number of quaternary nitrogens is 1. The first-order chi connectivity index (χ1) is 23.8. The van der Waals surface area contributed by atoms with Crippen LogP contribution in [0.4, 0.5) is 18.0 Å². The summed E-state index contributed by atoms with van der Waals surface area (Å²) in [5.74, 6) is 4.09. The second-order valence-corrected chi connectivity index (χ2v) is 12.0. The number of carbonyl (C=O) groups is 3. The Morgan fingerprint density at radius 1 is 1.02 bits per heavy atom. The molecule has 2 heterocycles. The van der Waals surface area contributed by atoms with Crippen molar-refractivity contribution in [3.05, 3.63) is 101 Å². The van der Waals surface area contributed by atoms with E-state index in [2.05, 4.69) is 14.7 Å². The predicted molar refractivity (Wildman–Crippen MR) is 177 cm³/mol. The van der Waals surface area contributed by atoms with Crippen molar-refractivity contribution in [1.82, 2.24) is 24.4 Å². The Labute approximate surface area is 290 Å². The van der Waals surface area contributed by atoms with Gasteiger partial charge < -0.3 is 4.74 Å². The maximum atomic E-state index is 13.4. The van der Waals surface area contributed by atoms with Crippen LogP contribution >= 0.6 is 11.9 Å². The number of fused-ring (bicyclic) bond motifs is 1. The molecule has 0 aliphatic carbocycles. The summed E-state index contributed by atoms with van der Waals surface area (Å²) in [5.41, 5.74) is 3.79. The van der Waals surface area contributed by atoms with Gasteiger partial charge >= 0.3 is 12.3 Å². The Morgan fingerprint density at radius 2 is 1.64 bits per heavy atom. The average molecular weight is 717 g/mol. The number of benzene rings is 3. The Kier molecular flexibility index (Phi) is 13.1. The van der Waals surface area contributed by atoms with Crippen molar-refractivity contribution in [1.29, 1.82) is 0 Å². The fourth-order valence-electron chi connectivity index (χ4n) is 4.67. The minimum atomic E-state index is -4.57. The highest BCUT2D eigenvalue weighted by Crippen LogP contribution is 2.33. The molecule has 0 atom stereocenters. The second-order valence-electron chi connectivity index (χ2n) is 11.1. The molecule has 1 aliphatic heterocycles. The molecule has 0 radical (unpaired) electrons. The number of carbonyl (C=O) groups excluding carboxylic acids is 3. The van der Waals surface area contributed by atoms with Crippen molar-refractivity contribution in [2.45, 2.75) is 37.9 Å². The van der Waals surface area contributed by atoms with Crippen LogP contribution in [0.2, 0.25) is 0 Å². The molecule has 13 nitrogen and oxygen atoms in total. The lowest BCUT2D eigenvalue weighted by Gasteiger charge is -2.20. The average Bonchev–Trinajstić information content (AvgIpc) is 3.65. The molecule has 0 saturated heterocycles. The van der Waals surface area contributed by atoms with E-state index in [1.165, 1.54) is 4.68 Å². The number of aryl methyl sites for hydroxylation is 1. The van der Waals surface area contributed by atoms with Crippen molar-refractivity contribution in [3.63, 3.8) is 0 Å². The van der Waals surface area contributed by atoms with Crippen LogP contribution in [-0.2, 0) is 20.6 Å². The molecular formula is C33H37F3N7O6S+. The minimum absolute atomic E-state index is 0.173. The fourth-order valence-corrected chi connectivity index (χ4v) is 5.21. The lowest BCUT2D eigenvalue weighted by atomic mass is 10.1. The number of aromatic nitrogens is 2. The molecule has 0 saturated carbocycles. The molecule has 0 fully saturated rings. The molecule has 1 aliphatic rings. The molecule has 5 rings (SSSR count). The Bertz CT molecular complexity index is 1730. The van der Waals surface area contributed by atoms with Gasteiger partial charge in [-0.3, -0.25) is 19.1 Å². The highest BCUT2D eigenvalue weighted by atomic mass is 32.2. The first-order valence-corrected chi connectivity index (χ1v) is 16.0. The van der Waals surface area contributed by atoms with Crippen molar-refractivity contribution < 1.29 is 47.6 Å². The monoisotopic (exact) mass is 716 g/mol. The zero-order valence-electron chi connectivity index (χ0n) is 27.6. The SMILES string of the molecule is CO[NH2+]N(CCOC(=O)NSc1ccc(-n2nc(C(F)(F)F)cc2-c2ccc(C)cc2)cc1)C(C)C.NOCN1C(=O)c2ccccc2C1=O. The van der Waals surface area contributed by atoms with Crippen molar-refractivity contribution in [3.8, 4) is 16.9 Å². The van der Waals surface area contributed by atoms with Gasteiger partial charge in [-0.1, -0.05) is 42.0 Å². The van der Waals surface area contributed by atoms with E-state index in [1.807, 2.05) is 37.9 Å². The molecule has 3 amide bonds. The van der Waals surface area contributed by atoms with E-state index in [0.29, 0.717) is 39.5 Å². The second kappa shape index (κ2) is 17.2. The zero-order valence-corrected chi connectivity index (χ0v) is 28.5. The van der Waals surface area contributed by atoms with Crippen LogP contribution in [0.1, 0.15) is 45.8 Å². The molecule has 0 bridgehead atoms. The summed E-state index contributed by atoms with van der Waals surface area (Å²) in [7, 11) is 1.55. The maximum Gasteiger partial charge on any atom is 0.435 e. The van der Waals surface area contributed by atoms with Gasteiger partial charge in [-0.15, -0.1) is 10.6 Å². The molecule has 50 heavy (non-hydrogen) atoms. The number of rotatable bonds is 12. The van der Waals surface area contributed by atoms with Crippen LogP contribution in [0.5, 0.6) is 0 Å². The molecule has 17 heteroatoms. The van der Waals surface area contributed by atoms with Gasteiger partial charge in [-0.2, -0.15) is 23.1 Å². The first kappa shape index (κ1) is 38.0. The molecular weight excluding hydrogens is 679 g/mol. The lowest BCUT2D eigenvalue weighted by Crippen LogP contribution is -2.94. The topological polar surface area (TPSA) is 158 Å². The summed E-state index contributed by atoms with van der Waals surface area (Å²) in [6, 6.07) is 21.7. The van der Waals surface area contributed by atoms with E-state index in [9.17, 15) is 27.6 Å². The standard InChI is InChI=1S/C24H28F3N5O3S.C9H8N2O3/c1-16(2)31(30-34-4)13-14-35-23(33)29-36-20-11-9-19(10-12-20)32-21(15-22(28-32)24(25,26)27)18-7-5-17(3)6-8-18;10-14-5-11-8(12)6-3-1-2-4-7(6)9(11)13/h5-12,15-16,30H,13-14H2,1-4H3,(H,29,33);1-4H,5,10H2/p+1. The Hall–Kier alpha value is -4.78. The van der Waals surface area contributed by atoms with Gasteiger partial charge in [-0.25, -0.2) is 20.3 Å². The quantitative estimate of drug-likeness (QED) is 0.0827. The van der Waals surface area contributed by atoms with E-state index < -0.39 is 18.0 Å². The molecule has 4 aromatic rings. The smallest absolute Gasteiger partial charge is 0.435 e. The molecule has 0 spiro atoms. The Morgan fingerprint density at radius 3 is 2.18 bits per heavy atom. The van der Waals surface area contributed by atoms with Crippen LogP contribution in [0.15, 0.2) is 83.8 Å². The molecule has 266 valence electrons. The van der Waals surface area contributed by atoms with E-state index in [-0.39, 0.29) is 31.2 Å². The van der Waals surface area contributed by atoms with Crippen LogP contribution < -0.4 is 16.2 Å². The maximum absolute atomic E-state index is 13.4. The Balaban J connectivity index is 0.000000332.